The molecule has 0 aromatic carbocycles. The number of hydrogen-bond acceptors (Lipinski definition) is 3. The summed E-state index contributed by atoms with van der Waals surface area (Å²) < 4.78 is 0. The summed E-state index contributed by atoms with van der Waals surface area (Å²) in [5.74, 6) is -0.900. The molecule has 11 heavy (non-hydrogen) atoms. The average molecular weight is 165 g/mol. The maximum Gasteiger partial charge on any atom is 0.248 e. The van der Waals surface area contributed by atoms with Crippen LogP contribution in [0.3, 0.4) is 0 Å². The highest BCUT2D eigenvalue weighted by atomic mass is 16.3. The molecule has 0 aromatic rings. The second-order valence-corrected chi connectivity index (χ2v) is 1.10. The first-order valence-electron chi connectivity index (χ1n) is 3.76. The molecule has 0 aliphatic rings. The Kier molecular flexibility index (Phi) is 24.7. The lowest BCUT2D eigenvalue weighted by Crippen LogP contribution is -2.30. The number of aliphatic hydroxyl groups excluding tert-OH is 2. The third-order valence-corrected chi connectivity index (χ3v) is 0.501. The van der Waals surface area contributed by atoms with Crippen LogP contribution in [-0.4, -0.2) is 28.8 Å². The number of primary amides is 1. The van der Waals surface area contributed by atoms with E-state index in [1.807, 2.05) is 27.7 Å². The molecule has 0 aliphatic carbocycles. The Hall–Kier alpha value is -0.610. The van der Waals surface area contributed by atoms with E-state index in [1.165, 1.54) is 0 Å². The summed E-state index contributed by atoms with van der Waals surface area (Å²) in [6, 6.07) is 0. The Balaban J connectivity index is -0.000000138. The lowest BCUT2D eigenvalue weighted by Gasteiger charge is -1.96. The van der Waals surface area contributed by atoms with Crippen LogP contribution in [0.2, 0.25) is 0 Å². The molecular formula is C7H19NO3. The summed E-state index contributed by atoms with van der Waals surface area (Å²) in [6.07, 6.45) is -1.40. The van der Waals surface area contributed by atoms with Crippen LogP contribution >= 0.6 is 0 Å². The summed E-state index contributed by atoms with van der Waals surface area (Å²) in [5, 5.41) is 16.2. The first kappa shape index (κ1) is 16.8. The molecule has 0 saturated heterocycles. The Labute approximate surface area is 68.0 Å². The van der Waals surface area contributed by atoms with E-state index in [9.17, 15) is 4.79 Å². The SMILES string of the molecule is CC.CC.NC(=O)C(O)CO. The number of hydrogen-bond donors (Lipinski definition) is 3. The third kappa shape index (κ3) is 17.7. The molecule has 0 saturated carbocycles. The first-order chi connectivity index (χ1) is 5.18. The van der Waals surface area contributed by atoms with Crippen molar-refractivity contribution in [1.29, 1.82) is 0 Å². The molecule has 4 nitrogen and oxygen atoms in total. The van der Waals surface area contributed by atoms with Crippen LogP contribution in [0.1, 0.15) is 27.7 Å². The molecule has 0 bridgehead atoms. The van der Waals surface area contributed by atoms with Crippen molar-refractivity contribution in [2.24, 2.45) is 5.73 Å². The molecular weight excluding hydrogens is 146 g/mol. The van der Waals surface area contributed by atoms with Crippen LogP contribution < -0.4 is 5.73 Å². The minimum atomic E-state index is -1.40. The normalized spacial score (nSPS) is 9.64. The van der Waals surface area contributed by atoms with Crippen LogP contribution in [0.5, 0.6) is 0 Å². The fraction of sp³-hybridized carbons (Fsp3) is 0.857. The minimum absolute atomic E-state index is 0.602. The number of carbonyl (C=O) groups excluding carboxylic acids is 1. The average Bonchev–Trinajstić information content (AvgIpc) is 2.10. The topological polar surface area (TPSA) is 83.6 Å². The second kappa shape index (κ2) is 16.2. The molecule has 0 spiro atoms. The van der Waals surface area contributed by atoms with Gasteiger partial charge in [0.2, 0.25) is 5.91 Å². The van der Waals surface area contributed by atoms with Gasteiger partial charge in [0, 0.05) is 0 Å². The molecule has 0 heterocycles. The minimum Gasteiger partial charge on any atom is -0.393 e. The summed E-state index contributed by atoms with van der Waals surface area (Å²) >= 11 is 0. The van der Waals surface area contributed by atoms with Crippen molar-refractivity contribution in [1.82, 2.24) is 0 Å². The number of amides is 1. The van der Waals surface area contributed by atoms with Crippen molar-refractivity contribution in [3.63, 3.8) is 0 Å². The monoisotopic (exact) mass is 165 g/mol. The third-order valence-electron chi connectivity index (χ3n) is 0.501. The van der Waals surface area contributed by atoms with E-state index in [0.29, 0.717) is 0 Å². The van der Waals surface area contributed by atoms with E-state index in [-0.39, 0.29) is 0 Å². The highest BCUT2D eigenvalue weighted by Gasteiger charge is 2.06. The van der Waals surface area contributed by atoms with Gasteiger partial charge in [-0.3, -0.25) is 4.79 Å². The van der Waals surface area contributed by atoms with Gasteiger partial charge in [-0.25, -0.2) is 0 Å². The molecule has 70 valence electrons. The van der Waals surface area contributed by atoms with E-state index in [4.69, 9.17) is 10.2 Å². The molecule has 0 rings (SSSR count). The van der Waals surface area contributed by atoms with E-state index in [0.717, 1.165) is 0 Å². The molecule has 1 unspecified atom stereocenters. The zero-order chi connectivity index (χ0) is 9.86. The molecule has 1 atom stereocenters. The van der Waals surface area contributed by atoms with E-state index in [2.05, 4.69) is 5.73 Å². The number of nitrogens with two attached hydrogens (primary N) is 1. The highest BCUT2D eigenvalue weighted by molar-refractivity contribution is 5.78. The predicted molar refractivity (Wildman–Crippen MR) is 45.0 cm³/mol. The van der Waals surface area contributed by atoms with Crippen LogP contribution in [0, 0.1) is 0 Å². The fourth-order valence-corrected chi connectivity index (χ4v) is 0.0900. The summed E-state index contributed by atoms with van der Waals surface area (Å²) in [5.41, 5.74) is 4.50. The fourth-order valence-electron chi connectivity index (χ4n) is 0.0900. The molecule has 4 heteroatoms. The summed E-state index contributed by atoms with van der Waals surface area (Å²) in [4.78, 5) is 9.74. The van der Waals surface area contributed by atoms with Gasteiger partial charge in [-0.05, 0) is 0 Å². The van der Waals surface area contributed by atoms with Crippen LogP contribution in [0.15, 0.2) is 0 Å². The van der Waals surface area contributed by atoms with Gasteiger partial charge in [-0.2, -0.15) is 0 Å². The number of carbonyl (C=O) groups is 1. The number of rotatable bonds is 2. The Morgan fingerprint density at radius 2 is 1.64 bits per heavy atom. The highest BCUT2D eigenvalue weighted by Crippen LogP contribution is 1.73. The summed E-state index contributed by atoms with van der Waals surface area (Å²) in [7, 11) is 0. The Bertz CT molecular complexity index is 76.1. The van der Waals surface area contributed by atoms with E-state index < -0.39 is 18.6 Å². The zero-order valence-electron chi connectivity index (χ0n) is 7.66. The lowest BCUT2D eigenvalue weighted by molar-refractivity contribution is -0.127. The van der Waals surface area contributed by atoms with Crippen molar-refractivity contribution < 1.29 is 15.0 Å². The van der Waals surface area contributed by atoms with E-state index >= 15 is 0 Å². The molecule has 0 fully saturated rings. The summed E-state index contributed by atoms with van der Waals surface area (Å²) in [6.45, 7) is 7.40. The van der Waals surface area contributed by atoms with Crippen molar-refractivity contribution in [2.75, 3.05) is 6.61 Å². The molecule has 0 aliphatic heterocycles. The Morgan fingerprint density at radius 1 is 1.36 bits per heavy atom. The maximum atomic E-state index is 9.74. The van der Waals surface area contributed by atoms with E-state index in [1.54, 1.807) is 0 Å². The standard InChI is InChI=1S/C3H7NO3.2C2H6/c4-3(7)2(6)1-5;2*1-2/h2,5-6H,1H2,(H2,4,7);2*1-2H3. The van der Waals surface area contributed by atoms with Crippen molar-refractivity contribution in [2.45, 2.75) is 33.8 Å². The van der Waals surface area contributed by atoms with Gasteiger partial charge < -0.3 is 15.9 Å². The van der Waals surface area contributed by atoms with Gasteiger partial charge in [-0.1, -0.05) is 27.7 Å². The quantitative estimate of drug-likeness (QED) is 0.533. The lowest BCUT2D eigenvalue weighted by atomic mass is 10.4. The predicted octanol–water partition coefficient (Wildman–Crippen LogP) is -0.123. The van der Waals surface area contributed by atoms with Gasteiger partial charge in [0.15, 0.2) is 6.10 Å². The van der Waals surface area contributed by atoms with Crippen LogP contribution in [0.4, 0.5) is 0 Å². The zero-order valence-corrected chi connectivity index (χ0v) is 7.66. The van der Waals surface area contributed by atoms with Crippen LogP contribution in [-0.2, 0) is 4.79 Å². The number of aliphatic hydroxyl groups is 2. The van der Waals surface area contributed by atoms with Gasteiger partial charge in [0.25, 0.3) is 0 Å². The largest absolute Gasteiger partial charge is 0.393 e. The van der Waals surface area contributed by atoms with Gasteiger partial charge in [-0.15, -0.1) is 0 Å². The second-order valence-electron chi connectivity index (χ2n) is 1.10. The van der Waals surface area contributed by atoms with Crippen molar-refractivity contribution >= 4 is 5.91 Å². The van der Waals surface area contributed by atoms with Gasteiger partial charge in [0.05, 0.1) is 6.61 Å². The first-order valence-corrected chi connectivity index (χ1v) is 3.76. The molecule has 0 aromatic heterocycles. The molecule has 0 radical (unpaired) electrons. The Morgan fingerprint density at radius 3 is 1.64 bits per heavy atom. The van der Waals surface area contributed by atoms with Gasteiger partial charge >= 0.3 is 0 Å². The van der Waals surface area contributed by atoms with Gasteiger partial charge in [0.1, 0.15) is 0 Å². The molecule has 1 amide bonds. The van der Waals surface area contributed by atoms with Crippen molar-refractivity contribution in [3.8, 4) is 0 Å². The molecule has 4 N–H and O–H groups in total. The maximum absolute atomic E-state index is 9.74. The van der Waals surface area contributed by atoms with Crippen molar-refractivity contribution in [3.05, 3.63) is 0 Å². The van der Waals surface area contributed by atoms with Crippen LogP contribution in [0.25, 0.3) is 0 Å². The smallest absolute Gasteiger partial charge is 0.248 e.